The quantitative estimate of drug-likeness (QED) is 0.817. The molecule has 0 bridgehead atoms. The molecule has 17 heavy (non-hydrogen) atoms. The second-order valence-electron chi connectivity index (χ2n) is 5.65. The van der Waals surface area contributed by atoms with Gasteiger partial charge in [0, 0.05) is 6.04 Å². The van der Waals surface area contributed by atoms with Crippen LogP contribution in [0.2, 0.25) is 0 Å². The molecule has 1 fully saturated rings. The molecule has 0 amide bonds. The van der Waals surface area contributed by atoms with Gasteiger partial charge in [0.15, 0.2) is 0 Å². The molecule has 2 rings (SSSR count). The van der Waals surface area contributed by atoms with Gasteiger partial charge in [0.05, 0.1) is 0 Å². The van der Waals surface area contributed by atoms with Crippen LogP contribution >= 0.6 is 0 Å². The SMILES string of the molecule is CNC(CCc1c(C)cc(C)cc1C)C1CC1. The lowest BCUT2D eigenvalue weighted by Gasteiger charge is -2.17. The van der Waals surface area contributed by atoms with Crippen molar-refractivity contribution in [3.63, 3.8) is 0 Å². The molecule has 0 saturated heterocycles. The first kappa shape index (κ1) is 12.6. The van der Waals surface area contributed by atoms with Crippen molar-refractivity contribution in [2.75, 3.05) is 7.05 Å². The number of benzene rings is 1. The minimum absolute atomic E-state index is 0.732. The molecular weight excluding hydrogens is 206 g/mol. The lowest BCUT2D eigenvalue weighted by Crippen LogP contribution is -2.28. The van der Waals surface area contributed by atoms with Gasteiger partial charge in [0.25, 0.3) is 0 Å². The van der Waals surface area contributed by atoms with Crippen LogP contribution in [0.1, 0.15) is 41.5 Å². The van der Waals surface area contributed by atoms with Crippen LogP contribution in [0.3, 0.4) is 0 Å². The largest absolute Gasteiger partial charge is 0.317 e. The highest BCUT2D eigenvalue weighted by atomic mass is 14.9. The summed E-state index contributed by atoms with van der Waals surface area (Å²) < 4.78 is 0. The number of nitrogens with one attached hydrogen (secondary N) is 1. The van der Waals surface area contributed by atoms with Crippen LogP contribution < -0.4 is 5.32 Å². The van der Waals surface area contributed by atoms with Crippen molar-refractivity contribution in [1.82, 2.24) is 5.32 Å². The summed E-state index contributed by atoms with van der Waals surface area (Å²) in [7, 11) is 2.11. The van der Waals surface area contributed by atoms with Crippen LogP contribution in [0.5, 0.6) is 0 Å². The fraction of sp³-hybridized carbons (Fsp3) is 0.625. The predicted molar refractivity (Wildman–Crippen MR) is 74.5 cm³/mol. The Kier molecular flexibility index (Phi) is 3.88. The first-order valence-electron chi connectivity index (χ1n) is 6.86. The van der Waals surface area contributed by atoms with Gasteiger partial charge in [-0.1, -0.05) is 17.7 Å². The van der Waals surface area contributed by atoms with E-state index >= 15 is 0 Å². The average Bonchev–Trinajstić information content (AvgIpc) is 3.06. The molecule has 1 aromatic rings. The summed E-state index contributed by atoms with van der Waals surface area (Å²) >= 11 is 0. The van der Waals surface area contributed by atoms with Crippen LogP contribution in [0.15, 0.2) is 12.1 Å². The molecule has 1 saturated carbocycles. The highest BCUT2D eigenvalue weighted by molar-refractivity contribution is 5.37. The van der Waals surface area contributed by atoms with Gasteiger partial charge >= 0.3 is 0 Å². The summed E-state index contributed by atoms with van der Waals surface area (Å²) in [5, 5.41) is 3.48. The van der Waals surface area contributed by atoms with Crippen LogP contribution in [0.4, 0.5) is 0 Å². The molecule has 1 heteroatoms. The fourth-order valence-electron chi connectivity index (χ4n) is 3.02. The first-order valence-corrected chi connectivity index (χ1v) is 6.86. The normalized spacial score (nSPS) is 17.2. The Morgan fingerprint density at radius 1 is 1.18 bits per heavy atom. The van der Waals surface area contributed by atoms with Crippen LogP contribution in [-0.2, 0) is 6.42 Å². The van der Waals surface area contributed by atoms with Crippen LogP contribution in [0.25, 0.3) is 0 Å². The van der Waals surface area contributed by atoms with Gasteiger partial charge < -0.3 is 5.32 Å². The number of rotatable bonds is 5. The number of aryl methyl sites for hydroxylation is 3. The van der Waals surface area contributed by atoms with E-state index in [4.69, 9.17) is 0 Å². The van der Waals surface area contributed by atoms with Crippen LogP contribution in [-0.4, -0.2) is 13.1 Å². The minimum atomic E-state index is 0.732. The van der Waals surface area contributed by atoms with Gasteiger partial charge in [0.1, 0.15) is 0 Å². The van der Waals surface area contributed by atoms with E-state index in [1.165, 1.54) is 42.4 Å². The highest BCUT2D eigenvalue weighted by Crippen LogP contribution is 2.34. The Morgan fingerprint density at radius 3 is 2.24 bits per heavy atom. The maximum absolute atomic E-state index is 3.48. The Bertz CT molecular complexity index is 368. The highest BCUT2D eigenvalue weighted by Gasteiger charge is 2.29. The Morgan fingerprint density at radius 2 is 1.76 bits per heavy atom. The van der Waals surface area contributed by atoms with E-state index < -0.39 is 0 Å². The van der Waals surface area contributed by atoms with Gasteiger partial charge in [-0.2, -0.15) is 0 Å². The average molecular weight is 231 g/mol. The van der Waals surface area contributed by atoms with Crippen molar-refractivity contribution in [3.8, 4) is 0 Å². The first-order chi connectivity index (χ1) is 8.11. The van der Waals surface area contributed by atoms with E-state index in [9.17, 15) is 0 Å². The van der Waals surface area contributed by atoms with Crippen molar-refractivity contribution < 1.29 is 0 Å². The van der Waals surface area contributed by atoms with E-state index in [1.807, 2.05) is 0 Å². The summed E-state index contributed by atoms with van der Waals surface area (Å²) in [4.78, 5) is 0. The van der Waals surface area contributed by atoms with E-state index in [0.717, 1.165) is 12.0 Å². The molecule has 0 aliphatic heterocycles. The van der Waals surface area contributed by atoms with Crippen molar-refractivity contribution in [2.24, 2.45) is 5.92 Å². The third kappa shape index (κ3) is 3.10. The Hall–Kier alpha value is -0.820. The zero-order valence-electron chi connectivity index (χ0n) is 11.6. The standard InChI is InChI=1S/C16H25N/c1-11-9-12(2)15(13(3)10-11)7-8-16(17-4)14-5-6-14/h9-10,14,16-17H,5-8H2,1-4H3. The fourth-order valence-corrected chi connectivity index (χ4v) is 3.02. The second-order valence-corrected chi connectivity index (χ2v) is 5.65. The van der Waals surface area contributed by atoms with Gasteiger partial charge in [0.2, 0.25) is 0 Å². The van der Waals surface area contributed by atoms with Crippen LogP contribution in [0, 0.1) is 26.7 Å². The monoisotopic (exact) mass is 231 g/mol. The summed E-state index contributed by atoms with van der Waals surface area (Å²) in [6.45, 7) is 6.69. The number of hydrogen-bond acceptors (Lipinski definition) is 1. The van der Waals surface area contributed by atoms with Gasteiger partial charge in [-0.25, -0.2) is 0 Å². The third-order valence-electron chi connectivity index (χ3n) is 4.11. The van der Waals surface area contributed by atoms with E-state index in [1.54, 1.807) is 5.56 Å². The van der Waals surface area contributed by atoms with Gasteiger partial charge in [-0.15, -0.1) is 0 Å². The van der Waals surface area contributed by atoms with Crippen molar-refractivity contribution in [1.29, 1.82) is 0 Å². The molecule has 1 aliphatic rings. The summed E-state index contributed by atoms with van der Waals surface area (Å²) in [6.07, 6.45) is 5.36. The Labute approximate surface area is 106 Å². The molecular formula is C16H25N. The summed E-state index contributed by atoms with van der Waals surface area (Å²) in [5.74, 6) is 0.950. The summed E-state index contributed by atoms with van der Waals surface area (Å²) in [5.41, 5.74) is 5.88. The Balaban J connectivity index is 2.02. The zero-order chi connectivity index (χ0) is 12.4. The molecule has 1 aliphatic carbocycles. The van der Waals surface area contributed by atoms with E-state index in [2.05, 4.69) is 45.3 Å². The molecule has 1 unspecified atom stereocenters. The van der Waals surface area contributed by atoms with Crippen molar-refractivity contribution >= 4 is 0 Å². The summed E-state index contributed by atoms with van der Waals surface area (Å²) in [6, 6.07) is 5.36. The molecule has 1 atom stereocenters. The molecule has 0 heterocycles. The molecule has 0 radical (unpaired) electrons. The lowest BCUT2D eigenvalue weighted by molar-refractivity contribution is 0.469. The van der Waals surface area contributed by atoms with Crippen molar-refractivity contribution in [2.45, 2.75) is 52.5 Å². The van der Waals surface area contributed by atoms with Gasteiger partial charge in [-0.05, 0) is 76.1 Å². The smallest absolute Gasteiger partial charge is 0.00954 e. The van der Waals surface area contributed by atoms with E-state index in [-0.39, 0.29) is 0 Å². The second kappa shape index (κ2) is 5.22. The third-order valence-corrected chi connectivity index (χ3v) is 4.11. The molecule has 1 N–H and O–H groups in total. The molecule has 0 spiro atoms. The minimum Gasteiger partial charge on any atom is -0.317 e. The van der Waals surface area contributed by atoms with Crippen molar-refractivity contribution in [3.05, 3.63) is 34.4 Å². The molecule has 0 aromatic heterocycles. The maximum Gasteiger partial charge on any atom is 0.00954 e. The van der Waals surface area contributed by atoms with E-state index in [0.29, 0.717) is 0 Å². The van der Waals surface area contributed by atoms with Gasteiger partial charge in [-0.3, -0.25) is 0 Å². The topological polar surface area (TPSA) is 12.0 Å². The maximum atomic E-state index is 3.48. The lowest BCUT2D eigenvalue weighted by atomic mass is 9.93. The zero-order valence-corrected chi connectivity index (χ0v) is 11.6. The molecule has 1 aromatic carbocycles. The molecule has 1 nitrogen and oxygen atoms in total. The predicted octanol–water partition coefficient (Wildman–Crippen LogP) is 3.54. The molecule has 94 valence electrons. The number of hydrogen-bond donors (Lipinski definition) is 1.